The summed E-state index contributed by atoms with van der Waals surface area (Å²) in [5.74, 6) is 0.508. The number of carbonyl (C=O) groups excluding carboxylic acids is 1. The molecule has 4 heteroatoms. The van der Waals surface area contributed by atoms with E-state index >= 15 is 0 Å². The fourth-order valence-corrected chi connectivity index (χ4v) is 3.42. The van der Waals surface area contributed by atoms with Gasteiger partial charge >= 0.3 is 0 Å². The highest BCUT2D eigenvalue weighted by atomic mass is 16.1. The molecule has 2 aromatic heterocycles. The lowest BCUT2D eigenvalue weighted by Gasteiger charge is -2.09. The standard InChI is InChI=1S/C24H17N3O/c28-24(20-14-13-17-8-4-5-11-19(17)16-20)26-23-22(18-9-2-1-3-10-18)25-21-12-6-7-15-27(21)23/h1-16H,(H,26,28). The van der Waals surface area contributed by atoms with E-state index in [-0.39, 0.29) is 5.91 Å². The van der Waals surface area contributed by atoms with Crippen LogP contribution in [0.25, 0.3) is 27.7 Å². The highest BCUT2D eigenvalue weighted by Gasteiger charge is 2.17. The van der Waals surface area contributed by atoms with Crippen molar-refractivity contribution in [2.45, 2.75) is 0 Å². The van der Waals surface area contributed by atoms with Crippen molar-refractivity contribution >= 4 is 28.1 Å². The van der Waals surface area contributed by atoms with Gasteiger partial charge in [-0.1, -0.05) is 66.7 Å². The highest BCUT2D eigenvalue weighted by molar-refractivity contribution is 6.07. The minimum atomic E-state index is -0.159. The lowest BCUT2D eigenvalue weighted by molar-refractivity contribution is 0.102. The Balaban J connectivity index is 1.59. The van der Waals surface area contributed by atoms with Crippen LogP contribution in [0.1, 0.15) is 10.4 Å². The van der Waals surface area contributed by atoms with Gasteiger partial charge in [-0.05, 0) is 35.0 Å². The van der Waals surface area contributed by atoms with Crippen molar-refractivity contribution in [2.75, 3.05) is 5.32 Å². The molecule has 0 saturated carbocycles. The lowest BCUT2D eigenvalue weighted by Crippen LogP contribution is -2.14. The van der Waals surface area contributed by atoms with Crippen LogP contribution >= 0.6 is 0 Å². The molecule has 3 aromatic carbocycles. The number of pyridine rings is 1. The molecule has 0 unspecified atom stereocenters. The fraction of sp³-hybridized carbons (Fsp3) is 0. The maximum atomic E-state index is 13.0. The normalized spacial score (nSPS) is 11.0. The minimum absolute atomic E-state index is 0.159. The molecule has 4 nitrogen and oxygen atoms in total. The second-order valence-corrected chi connectivity index (χ2v) is 6.62. The molecular weight excluding hydrogens is 346 g/mol. The van der Waals surface area contributed by atoms with Crippen molar-refractivity contribution in [1.82, 2.24) is 9.38 Å². The Hall–Kier alpha value is -3.92. The molecular formula is C24H17N3O. The van der Waals surface area contributed by atoms with Gasteiger partial charge in [-0.15, -0.1) is 0 Å². The summed E-state index contributed by atoms with van der Waals surface area (Å²) in [7, 11) is 0. The van der Waals surface area contributed by atoms with Crippen LogP contribution in [-0.2, 0) is 0 Å². The number of hydrogen-bond donors (Lipinski definition) is 1. The molecule has 5 rings (SSSR count). The summed E-state index contributed by atoms with van der Waals surface area (Å²) in [4.78, 5) is 17.8. The van der Waals surface area contributed by atoms with Crippen LogP contribution in [0.5, 0.6) is 0 Å². The number of fused-ring (bicyclic) bond motifs is 2. The van der Waals surface area contributed by atoms with Gasteiger partial charge in [-0.2, -0.15) is 0 Å². The van der Waals surface area contributed by atoms with Crippen molar-refractivity contribution in [3.05, 3.63) is 103 Å². The second kappa shape index (κ2) is 6.67. The number of nitrogens with one attached hydrogen (secondary N) is 1. The maximum absolute atomic E-state index is 13.0. The molecule has 0 fully saturated rings. The number of hydrogen-bond acceptors (Lipinski definition) is 2. The summed E-state index contributed by atoms with van der Waals surface area (Å²) in [6.45, 7) is 0. The van der Waals surface area contributed by atoms with E-state index in [0.717, 1.165) is 27.7 Å². The molecule has 134 valence electrons. The van der Waals surface area contributed by atoms with Gasteiger partial charge in [0.2, 0.25) is 0 Å². The first kappa shape index (κ1) is 16.3. The number of amides is 1. The number of aromatic nitrogens is 2. The van der Waals surface area contributed by atoms with Crippen LogP contribution in [0.3, 0.4) is 0 Å². The molecule has 0 spiro atoms. The predicted octanol–water partition coefficient (Wildman–Crippen LogP) is 5.41. The number of nitrogens with zero attached hydrogens (tertiary/aromatic N) is 2. The molecule has 0 aliphatic rings. The van der Waals surface area contributed by atoms with E-state index in [2.05, 4.69) is 5.32 Å². The van der Waals surface area contributed by atoms with E-state index in [1.165, 1.54) is 0 Å². The highest BCUT2D eigenvalue weighted by Crippen LogP contribution is 2.29. The van der Waals surface area contributed by atoms with Gasteiger partial charge in [-0.3, -0.25) is 9.20 Å². The Morgan fingerprint density at radius 2 is 1.54 bits per heavy atom. The topological polar surface area (TPSA) is 46.4 Å². The molecule has 0 radical (unpaired) electrons. The van der Waals surface area contributed by atoms with Crippen LogP contribution < -0.4 is 5.32 Å². The van der Waals surface area contributed by atoms with Crippen molar-refractivity contribution in [2.24, 2.45) is 0 Å². The zero-order valence-corrected chi connectivity index (χ0v) is 15.0. The van der Waals surface area contributed by atoms with Crippen molar-refractivity contribution in [3.63, 3.8) is 0 Å². The van der Waals surface area contributed by atoms with E-state index in [1.54, 1.807) is 0 Å². The summed E-state index contributed by atoms with van der Waals surface area (Å²) in [6.07, 6.45) is 1.91. The molecule has 28 heavy (non-hydrogen) atoms. The van der Waals surface area contributed by atoms with E-state index < -0.39 is 0 Å². The minimum Gasteiger partial charge on any atom is -0.306 e. The molecule has 0 aliphatic heterocycles. The first-order chi connectivity index (χ1) is 13.8. The first-order valence-electron chi connectivity index (χ1n) is 9.12. The average Bonchev–Trinajstić information content (AvgIpc) is 3.12. The van der Waals surface area contributed by atoms with Gasteiger partial charge in [-0.25, -0.2) is 4.98 Å². The Kier molecular flexibility index (Phi) is 3.87. The average molecular weight is 363 g/mol. The van der Waals surface area contributed by atoms with Crippen molar-refractivity contribution in [1.29, 1.82) is 0 Å². The number of rotatable bonds is 3. The summed E-state index contributed by atoms with van der Waals surface area (Å²) in [5.41, 5.74) is 3.11. The maximum Gasteiger partial charge on any atom is 0.256 e. The van der Waals surface area contributed by atoms with Gasteiger partial charge in [0.05, 0.1) is 0 Å². The number of carbonyl (C=O) groups is 1. The van der Waals surface area contributed by atoms with Gasteiger partial charge in [0.1, 0.15) is 17.2 Å². The first-order valence-corrected chi connectivity index (χ1v) is 9.12. The second-order valence-electron chi connectivity index (χ2n) is 6.62. The smallest absolute Gasteiger partial charge is 0.256 e. The third kappa shape index (κ3) is 2.81. The third-order valence-electron chi connectivity index (χ3n) is 4.82. The van der Waals surface area contributed by atoms with Gasteiger partial charge in [0, 0.05) is 17.3 Å². The van der Waals surface area contributed by atoms with Crippen LogP contribution in [0.4, 0.5) is 5.82 Å². The number of anilines is 1. The van der Waals surface area contributed by atoms with Crippen LogP contribution in [-0.4, -0.2) is 15.3 Å². The van der Waals surface area contributed by atoms with Crippen LogP contribution in [0.2, 0.25) is 0 Å². The third-order valence-corrected chi connectivity index (χ3v) is 4.82. The fourth-order valence-electron chi connectivity index (χ4n) is 3.42. The molecule has 0 aliphatic carbocycles. The monoisotopic (exact) mass is 363 g/mol. The summed E-state index contributed by atoms with van der Waals surface area (Å²) < 4.78 is 1.90. The van der Waals surface area contributed by atoms with E-state index in [4.69, 9.17) is 4.98 Å². The molecule has 5 aromatic rings. The van der Waals surface area contributed by atoms with E-state index in [9.17, 15) is 4.79 Å². The Bertz CT molecular complexity index is 1310. The lowest BCUT2D eigenvalue weighted by atomic mass is 10.1. The molecule has 0 saturated heterocycles. The van der Waals surface area contributed by atoms with Gasteiger partial charge in [0.25, 0.3) is 5.91 Å². The zero-order valence-electron chi connectivity index (χ0n) is 15.0. The Labute approximate surface area is 162 Å². The molecule has 0 bridgehead atoms. The molecule has 1 amide bonds. The van der Waals surface area contributed by atoms with Gasteiger partial charge < -0.3 is 5.32 Å². The summed E-state index contributed by atoms with van der Waals surface area (Å²) in [5, 5.41) is 5.22. The summed E-state index contributed by atoms with van der Waals surface area (Å²) >= 11 is 0. The predicted molar refractivity (Wildman–Crippen MR) is 113 cm³/mol. The molecule has 1 N–H and O–H groups in total. The van der Waals surface area contributed by atoms with E-state index in [1.807, 2.05) is 102 Å². The van der Waals surface area contributed by atoms with E-state index in [0.29, 0.717) is 11.4 Å². The van der Waals surface area contributed by atoms with Gasteiger partial charge in [0.15, 0.2) is 0 Å². The van der Waals surface area contributed by atoms with Crippen molar-refractivity contribution < 1.29 is 4.79 Å². The van der Waals surface area contributed by atoms with Crippen LogP contribution in [0, 0.1) is 0 Å². The van der Waals surface area contributed by atoms with Crippen LogP contribution in [0.15, 0.2) is 97.2 Å². The Morgan fingerprint density at radius 1 is 0.786 bits per heavy atom. The molecule has 2 heterocycles. The Morgan fingerprint density at radius 3 is 2.39 bits per heavy atom. The number of benzene rings is 3. The molecule has 0 atom stereocenters. The number of imidazole rings is 1. The quantitative estimate of drug-likeness (QED) is 0.466. The largest absolute Gasteiger partial charge is 0.306 e. The van der Waals surface area contributed by atoms with Crippen molar-refractivity contribution in [3.8, 4) is 11.3 Å². The SMILES string of the molecule is O=C(Nc1c(-c2ccccc2)nc2ccccn12)c1ccc2ccccc2c1. The zero-order chi connectivity index (χ0) is 18.9. The summed E-state index contributed by atoms with van der Waals surface area (Å²) in [6, 6.07) is 29.4.